The van der Waals surface area contributed by atoms with E-state index in [4.69, 9.17) is 4.74 Å². The molecule has 0 saturated heterocycles. The second-order valence-electron chi connectivity index (χ2n) is 9.40. The molecule has 0 aliphatic heterocycles. The van der Waals surface area contributed by atoms with E-state index < -0.39 is 0 Å². The summed E-state index contributed by atoms with van der Waals surface area (Å²) in [4.78, 5) is 25.0. The van der Waals surface area contributed by atoms with Crippen LogP contribution in [-0.2, 0) is 14.3 Å². The molecule has 128 valence electrons. The number of carbonyl (C=O) groups excluding carboxylic acids is 2. The number of ketones is 1. The Morgan fingerprint density at radius 2 is 1.87 bits per heavy atom. The smallest absolute Gasteiger partial charge is 0.311 e. The van der Waals surface area contributed by atoms with Crippen LogP contribution in [-0.4, -0.2) is 18.9 Å². The SMILES string of the molecule is COC(=O)[C@]1(C)CCC[C@@]2(C)[C@@H]3CC[C@@H]4C[C@@]3(CC[C@@H]21)CC4=O. The van der Waals surface area contributed by atoms with Crippen LogP contribution in [0.25, 0.3) is 0 Å². The van der Waals surface area contributed by atoms with Gasteiger partial charge in [-0.15, -0.1) is 0 Å². The summed E-state index contributed by atoms with van der Waals surface area (Å²) in [5, 5.41) is 0. The quantitative estimate of drug-likeness (QED) is 0.682. The Morgan fingerprint density at radius 3 is 2.61 bits per heavy atom. The Bertz CT molecular complexity index is 555. The molecule has 0 heterocycles. The molecule has 23 heavy (non-hydrogen) atoms. The molecule has 0 aromatic heterocycles. The number of esters is 1. The first-order valence-corrected chi connectivity index (χ1v) is 9.47. The van der Waals surface area contributed by atoms with Gasteiger partial charge >= 0.3 is 5.97 Å². The van der Waals surface area contributed by atoms with Gasteiger partial charge < -0.3 is 4.74 Å². The van der Waals surface area contributed by atoms with Gasteiger partial charge in [-0.3, -0.25) is 9.59 Å². The van der Waals surface area contributed by atoms with Gasteiger partial charge in [0.2, 0.25) is 0 Å². The third-order valence-electron chi connectivity index (χ3n) is 8.53. The fourth-order valence-corrected chi connectivity index (χ4v) is 7.65. The third-order valence-corrected chi connectivity index (χ3v) is 8.53. The molecule has 1 spiro atoms. The van der Waals surface area contributed by atoms with Crippen LogP contribution >= 0.6 is 0 Å². The highest BCUT2D eigenvalue weighted by atomic mass is 16.5. The van der Waals surface area contributed by atoms with Crippen LogP contribution in [0.5, 0.6) is 0 Å². The van der Waals surface area contributed by atoms with E-state index in [9.17, 15) is 9.59 Å². The minimum Gasteiger partial charge on any atom is -0.469 e. The monoisotopic (exact) mass is 318 g/mol. The van der Waals surface area contributed by atoms with Gasteiger partial charge in [0.1, 0.15) is 5.78 Å². The Balaban J connectivity index is 1.73. The Labute approximate surface area is 139 Å². The first kappa shape index (κ1) is 15.7. The number of carbonyl (C=O) groups is 2. The van der Waals surface area contributed by atoms with Crippen molar-refractivity contribution in [2.75, 3.05) is 7.11 Å². The molecular weight excluding hydrogens is 288 g/mol. The lowest BCUT2D eigenvalue weighted by Crippen LogP contribution is -2.58. The molecule has 0 aromatic carbocycles. The van der Waals surface area contributed by atoms with Crippen LogP contribution in [0.3, 0.4) is 0 Å². The zero-order valence-corrected chi connectivity index (χ0v) is 14.8. The predicted molar refractivity (Wildman–Crippen MR) is 87.7 cm³/mol. The minimum atomic E-state index is -0.331. The molecule has 6 atom stereocenters. The van der Waals surface area contributed by atoms with Crippen molar-refractivity contribution in [3.63, 3.8) is 0 Å². The summed E-state index contributed by atoms with van der Waals surface area (Å²) in [7, 11) is 1.53. The highest BCUT2D eigenvalue weighted by molar-refractivity contribution is 5.84. The Morgan fingerprint density at radius 1 is 1.09 bits per heavy atom. The van der Waals surface area contributed by atoms with E-state index in [1.807, 2.05) is 0 Å². The summed E-state index contributed by atoms with van der Waals surface area (Å²) in [5.41, 5.74) is 0.136. The molecule has 4 fully saturated rings. The van der Waals surface area contributed by atoms with Crippen LogP contribution in [0.4, 0.5) is 0 Å². The Kier molecular flexibility index (Phi) is 3.29. The number of hydrogen-bond donors (Lipinski definition) is 0. The Hall–Kier alpha value is -0.860. The van der Waals surface area contributed by atoms with E-state index in [1.54, 1.807) is 0 Å². The summed E-state index contributed by atoms with van der Waals surface area (Å²) in [6.45, 7) is 4.58. The van der Waals surface area contributed by atoms with Gasteiger partial charge in [-0.25, -0.2) is 0 Å². The van der Waals surface area contributed by atoms with Crippen molar-refractivity contribution < 1.29 is 14.3 Å². The second-order valence-corrected chi connectivity index (χ2v) is 9.40. The van der Waals surface area contributed by atoms with Crippen LogP contribution in [0, 0.1) is 34.0 Å². The van der Waals surface area contributed by atoms with Gasteiger partial charge in [0, 0.05) is 12.3 Å². The van der Waals surface area contributed by atoms with Crippen LogP contribution in [0.1, 0.15) is 71.6 Å². The van der Waals surface area contributed by atoms with Gasteiger partial charge in [0.25, 0.3) is 0 Å². The summed E-state index contributed by atoms with van der Waals surface area (Å²) in [5.74, 6) is 1.91. The molecule has 3 heteroatoms. The fraction of sp³-hybridized carbons (Fsp3) is 0.900. The van der Waals surface area contributed by atoms with E-state index in [2.05, 4.69) is 13.8 Å². The van der Waals surface area contributed by atoms with Crippen molar-refractivity contribution in [3.05, 3.63) is 0 Å². The minimum absolute atomic E-state index is 0.0134. The van der Waals surface area contributed by atoms with Crippen LogP contribution in [0.2, 0.25) is 0 Å². The number of rotatable bonds is 1. The molecule has 4 saturated carbocycles. The molecule has 4 aliphatic carbocycles. The van der Waals surface area contributed by atoms with Crippen molar-refractivity contribution in [1.29, 1.82) is 0 Å². The van der Waals surface area contributed by atoms with E-state index in [0.717, 1.165) is 44.9 Å². The molecular formula is C20H30O3. The topological polar surface area (TPSA) is 43.4 Å². The third kappa shape index (κ3) is 1.88. The largest absolute Gasteiger partial charge is 0.469 e. The van der Waals surface area contributed by atoms with E-state index in [1.165, 1.54) is 20.0 Å². The van der Waals surface area contributed by atoms with Gasteiger partial charge in [-0.05, 0) is 74.5 Å². The van der Waals surface area contributed by atoms with Crippen LogP contribution < -0.4 is 0 Å². The van der Waals surface area contributed by atoms with Gasteiger partial charge in [-0.1, -0.05) is 13.3 Å². The zero-order valence-electron chi connectivity index (χ0n) is 14.8. The molecule has 0 amide bonds. The first-order chi connectivity index (χ1) is 10.9. The van der Waals surface area contributed by atoms with Gasteiger partial charge in [0.15, 0.2) is 0 Å². The lowest BCUT2D eigenvalue weighted by atomic mass is 9.41. The zero-order chi connectivity index (χ0) is 16.5. The maximum absolute atomic E-state index is 12.6. The summed E-state index contributed by atoms with van der Waals surface area (Å²) >= 11 is 0. The van der Waals surface area contributed by atoms with E-state index in [-0.39, 0.29) is 22.2 Å². The van der Waals surface area contributed by atoms with Crippen molar-refractivity contribution in [3.8, 4) is 0 Å². The number of ether oxygens (including phenoxy) is 1. The molecule has 0 N–H and O–H groups in total. The first-order valence-electron chi connectivity index (χ1n) is 9.47. The predicted octanol–water partition coefficient (Wildman–Crippen LogP) is 4.14. The standard InChI is InChI=1S/C20H30O3/c1-18-8-4-9-19(2,17(22)23-3)15(18)7-10-20-11-13(14(21)12-20)5-6-16(18)20/h13,15-16H,4-12H2,1-3H3/t13-,15+,16+,18-,19-,20+/m1/s1. The highest BCUT2D eigenvalue weighted by Crippen LogP contribution is 2.70. The summed E-state index contributed by atoms with van der Waals surface area (Å²) < 4.78 is 5.21. The summed E-state index contributed by atoms with van der Waals surface area (Å²) in [6.07, 6.45) is 9.77. The number of fused-ring (bicyclic) bond motifs is 3. The second kappa shape index (κ2) is 4.83. The van der Waals surface area contributed by atoms with Crippen molar-refractivity contribution in [2.24, 2.45) is 34.0 Å². The molecule has 4 rings (SSSR count). The maximum atomic E-state index is 12.6. The molecule has 4 aliphatic rings. The molecule has 0 radical (unpaired) electrons. The average molecular weight is 318 g/mol. The fourth-order valence-electron chi connectivity index (χ4n) is 7.65. The lowest BCUT2D eigenvalue weighted by molar-refractivity contribution is -0.183. The van der Waals surface area contributed by atoms with E-state index >= 15 is 0 Å². The summed E-state index contributed by atoms with van der Waals surface area (Å²) in [6, 6.07) is 0. The highest BCUT2D eigenvalue weighted by Gasteiger charge is 2.66. The molecule has 2 bridgehead atoms. The van der Waals surface area contributed by atoms with E-state index in [0.29, 0.717) is 23.5 Å². The molecule has 0 aromatic rings. The van der Waals surface area contributed by atoms with Crippen molar-refractivity contribution in [1.82, 2.24) is 0 Å². The molecule has 0 unspecified atom stereocenters. The van der Waals surface area contributed by atoms with Gasteiger partial charge in [-0.2, -0.15) is 0 Å². The van der Waals surface area contributed by atoms with Crippen molar-refractivity contribution in [2.45, 2.75) is 71.6 Å². The number of Topliss-reactive ketones (excluding diaryl/α,β-unsaturated/α-hetero) is 1. The average Bonchev–Trinajstić information content (AvgIpc) is 2.75. The number of methoxy groups -OCH3 is 1. The number of hydrogen-bond acceptors (Lipinski definition) is 3. The molecule has 3 nitrogen and oxygen atoms in total. The van der Waals surface area contributed by atoms with Gasteiger partial charge in [0.05, 0.1) is 12.5 Å². The maximum Gasteiger partial charge on any atom is 0.311 e. The van der Waals surface area contributed by atoms with Crippen molar-refractivity contribution >= 4 is 11.8 Å². The van der Waals surface area contributed by atoms with Crippen LogP contribution in [0.15, 0.2) is 0 Å². The lowest BCUT2D eigenvalue weighted by Gasteiger charge is -2.63. The normalized spacial score (nSPS) is 51.8.